The van der Waals surface area contributed by atoms with Crippen molar-refractivity contribution in [3.05, 3.63) is 0 Å². The van der Waals surface area contributed by atoms with Crippen molar-refractivity contribution in [2.45, 2.75) is 62.2 Å². The summed E-state index contributed by atoms with van der Waals surface area (Å²) in [5.41, 5.74) is 0. The molecule has 18 heavy (non-hydrogen) atoms. The molecule has 0 saturated heterocycles. The molecule has 0 aromatic carbocycles. The van der Waals surface area contributed by atoms with E-state index in [4.69, 9.17) is 9.47 Å². The molecule has 4 nitrogen and oxygen atoms in total. The van der Waals surface area contributed by atoms with E-state index in [1.54, 1.807) is 13.8 Å². The Kier molecular flexibility index (Phi) is 5.85. The van der Waals surface area contributed by atoms with Crippen LogP contribution in [0.2, 0.25) is 0 Å². The van der Waals surface area contributed by atoms with Crippen LogP contribution in [0.5, 0.6) is 0 Å². The fourth-order valence-electron chi connectivity index (χ4n) is 1.85. The second-order valence-electron chi connectivity index (χ2n) is 4.67. The van der Waals surface area contributed by atoms with Crippen LogP contribution in [-0.2, 0) is 19.1 Å². The molecular weight excluding hydrogens is 272 g/mol. The lowest BCUT2D eigenvalue weighted by atomic mass is 9.94. The molecule has 1 rings (SSSR count). The lowest BCUT2D eigenvalue weighted by Crippen LogP contribution is -2.44. The molecule has 0 aromatic rings. The van der Waals surface area contributed by atoms with Gasteiger partial charge >= 0.3 is 11.9 Å². The minimum absolute atomic E-state index is 0.458. The van der Waals surface area contributed by atoms with E-state index in [9.17, 15) is 9.59 Å². The monoisotopic (exact) mass is 292 g/mol. The van der Waals surface area contributed by atoms with Crippen molar-refractivity contribution >= 4 is 37.2 Å². The SMILES string of the molecule is CC(S)C(=O)OC1(OC(=O)C(C)S)CCCCC1. The summed E-state index contributed by atoms with van der Waals surface area (Å²) < 4.78 is 10.7. The van der Waals surface area contributed by atoms with Crippen molar-refractivity contribution in [2.24, 2.45) is 0 Å². The number of hydrogen-bond donors (Lipinski definition) is 2. The van der Waals surface area contributed by atoms with Crippen LogP contribution in [0.1, 0.15) is 46.0 Å². The molecule has 1 aliphatic rings. The van der Waals surface area contributed by atoms with Gasteiger partial charge in [0.25, 0.3) is 5.79 Å². The average Bonchev–Trinajstić information content (AvgIpc) is 2.29. The van der Waals surface area contributed by atoms with E-state index >= 15 is 0 Å². The fourth-order valence-corrected chi connectivity index (χ4v) is 1.96. The summed E-state index contributed by atoms with van der Waals surface area (Å²) in [5.74, 6) is -2.03. The zero-order chi connectivity index (χ0) is 13.8. The van der Waals surface area contributed by atoms with E-state index < -0.39 is 28.2 Å². The Hall–Kier alpha value is -0.360. The molecule has 6 heteroatoms. The average molecular weight is 292 g/mol. The second kappa shape index (κ2) is 6.70. The number of hydrogen-bond acceptors (Lipinski definition) is 6. The van der Waals surface area contributed by atoms with E-state index in [1.165, 1.54) is 0 Å². The van der Waals surface area contributed by atoms with Crippen LogP contribution in [0.15, 0.2) is 0 Å². The topological polar surface area (TPSA) is 52.6 Å². The van der Waals surface area contributed by atoms with E-state index in [0.717, 1.165) is 19.3 Å². The number of rotatable bonds is 4. The first-order valence-corrected chi connectivity index (χ1v) is 7.21. The summed E-state index contributed by atoms with van der Waals surface area (Å²) in [4.78, 5) is 23.3. The van der Waals surface area contributed by atoms with E-state index in [2.05, 4.69) is 25.3 Å². The van der Waals surface area contributed by atoms with Gasteiger partial charge in [-0.25, -0.2) is 0 Å². The van der Waals surface area contributed by atoms with Gasteiger partial charge in [0.2, 0.25) is 0 Å². The van der Waals surface area contributed by atoms with Crippen LogP contribution in [0.25, 0.3) is 0 Å². The van der Waals surface area contributed by atoms with Crippen LogP contribution < -0.4 is 0 Å². The van der Waals surface area contributed by atoms with Gasteiger partial charge in [0, 0.05) is 12.8 Å². The van der Waals surface area contributed by atoms with Crippen LogP contribution in [0.4, 0.5) is 0 Å². The molecule has 0 radical (unpaired) electrons. The van der Waals surface area contributed by atoms with E-state index in [1.807, 2.05) is 0 Å². The van der Waals surface area contributed by atoms with Crippen molar-refractivity contribution in [2.75, 3.05) is 0 Å². The van der Waals surface area contributed by atoms with Gasteiger partial charge in [-0.15, -0.1) is 0 Å². The van der Waals surface area contributed by atoms with Crippen molar-refractivity contribution in [1.29, 1.82) is 0 Å². The molecule has 0 amide bonds. The highest BCUT2D eigenvalue weighted by Crippen LogP contribution is 2.34. The molecular formula is C12H20O4S2. The van der Waals surface area contributed by atoms with Crippen LogP contribution in [-0.4, -0.2) is 28.2 Å². The van der Waals surface area contributed by atoms with Gasteiger partial charge in [-0.1, -0.05) is 6.42 Å². The molecule has 104 valence electrons. The first-order chi connectivity index (χ1) is 8.36. The molecule has 2 atom stereocenters. The van der Waals surface area contributed by atoms with Gasteiger partial charge in [0.15, 0.2) is 0 Å². The molecule has 1 aliphatic carbocycles. The highest BCUT2D eigenvalue weighted by atomic mass is 32.1. The van der Waals surface area contributed by atoms with Gasteiger partial charge in [-0.3, -0.25) is 9.59 Å². The highest BCUT2D eigenvalue weighted by Gasteiger charge is 2.41. The number of ether oxygens (including phenoxy) is 2. The quantitative estimate of drug-likeness (QED) is 0.474. The van der Waals surface area contributed by atoms with Gasteiger partial charge in [-0.05, 0) is 26.7 Å². The maximum atomic E-state index is 11.7. The Bertz CT molecular complexity index is 285. The number of thiol groups is 2. The smallest absolute Gasteiger partial charge is 0.321 e. The highest BCUT2D eigenvalue weighted by molar-refractivity contribution is 7.82. The Morgan fingerprint density at radius 1 is 0.944 bits per heavy atom. The molecule has 0 aliphatic heterocycles. The molecule has 0 bridgehead atoms. The summed E-state index contributed by atoms with van der Waals surface area (Å²) in [6.07, 6.45) is 3.91. The maximum absolute atomic E-state index is 11.7. The Labute approximate surface area is 119 Å². The van der Waals surface area contributed by atoms with E-state index in [-0.39, 0.29) is 0 Å². The zero-order valence-corrected chi connectivity index (χ0v) is 12.5. The lowest BCUT2D eigenvalue weighted by Gasteiger charge is -2.36. The normalized spacial score (nSPS) is 21.8. The summed E-state index contributed by atoms with van der Waals surface area (Å²) in [6, 6.07) is 0. The second-order valence-corrected chi connectivity index (χ2v) is 6.21. The van der Waals surface area contributed by atoms with Crippen LogP contribution >= 0.6 is 25.3 Å². The number of carbonyl (C=O) groups is 2. The predicted octanol–water partition coefficient (Wildman–Crippen LogP) is 2.37. The first kappa shape index (κ1) is 15.7. The van der Waals surface area contributed by atoms with E-state index in [0.29, 0.717) is 12.8 Å². The Morgan fingerprint density at radius 2 is 1.33 bits per heavy atom. The minimum atomic E-state index is -1.11. The number of carbonyl (C=O) groups excluding carboxylic acids is 2. The van der Waals surface area contributed by atoms with Gasteiger partial charge in [0.05, 0.1) is 10.5 Å². The maximum Gasteiger partial charge on any atom is 0.321 e. The van der Waals surface area contributed by atoms with Gasteiger partial charge in [-0.2, -0.15) is 25.3 Å². The summed E-state index contributed by atoms with van der Waals surface area (Å²) >= 11 is 8.06. The number of esters is 2. The predicted molar refractivity (Wildman–Crippen MR) is 74.9 cm³/mol. The summed E-state index contributed by atoms with van der Waals surface area (Å²) in [5, 5.41) is -1.06. The molecule has 1 saturated carbocycles. The molecule has 0 N–H and O–H groups in total. The summed E-state index contributed by atoms with van der Waals surface area (Å²) in [7, 11) is 0. The molecule has 0 heterocycles. The lowest BCUT2D eigenvalue weighted by molar-refractivity contribution is -0.237. The third kappa shape index (κ3) is 4.39. The third-order valence-corrected chi connectivity index (χ3v) is 3.29. The van der Waals surface area contributed by atoms with Crippen molar-refractivity contribution in [3.8, 4) is 0 Å². The van der Waals surface area contributed by atoms with Crippen LogP contribution in [0.3, 0.4) is 0 Å². The van der Waals surface area contributed by atoms with Gasteiger partial charge < -0.3 is 9.47 Å². The first-order valence-electron chi connectivity index (χ1n) is 6.18. The van der Waals surface area contributed by atoms with Crippen molar-refractivity contribution in [3.63, 3.8) is 0 Å². The van der Waals surface area contributed by atoms with Crippen LogP contribution in [0, 0.1) is 0 Å². The Balaban J connectivity index is 2.75. The molecule has 0 aromatic heterocycles. The zero-order valence-electron chi connectivity index (χ0n) is 10.7. The molecule has 0 spiro atoms. The largest absolute Gasteiger partial charge is 0.422 e. The fraction of sp³-hybridized carbons (Fsp3) is 0.833. The Morgan fingerprint density at radius 3 is 1.67 bits per heavy atom. The standard InChI is InChI=1S/C12H20O4S2/c1-8(17)10(13)15-12(6-4-3-5-7-12)16-11(14)9(2)18/h8-9,17-18H,3-7H2,1-2H3. The third-order valence-electron chi connectivity index (χ3n) is 2.87. The minimum Gasteiger partial charge on any atom is -0.422 e. The van der Waals surface area contributed by atoms with Crippen molar-refractivity contribution in [1.82, 2.24) is 0 Å². The summed E-state index contributed by atoms with van der Waals surface area (Å²) in [6.45, 7) is 3.26. The van der Waals surface area contributed by atoms with Crippen molar-refractivity contribution < 1.29 is 19.1 Å². The molecule has 1 fully saturated rings. The molecule has 2 unspecified atom stereocenters. The van der Waals surface area contributed by atoms with Gasteiger partial charge in [0.1, 0.15) is 0 Å².